The number of guanidine groups is 1. The molecule has 0 aliphatic carbocycles. The highest BCUT2D eigenvalue weighted by molar-refractivity contribution is 6.01. The number of amides is 15. The summed E-state index contributed by atoms with van der Waals surface area (Å²) in [4.78, 5) is 277. The lowest BCUT2D eigenvalue weighted by atomic mass is 9.99. The summed E-state index contributed by atoms with van der Waals surface area (Å²) >= 11 is 0. The first-order valence-electron chi connectivity index (χ1n) is 49.9. The summed E-state index contributed by atoms with van der Waals surface area (Å²) in [5.74, 6) is -19.2. The molecule has 806 valence electrons. The van der Waals surface area contributed by atoms with Crippen LogP contribution in [-0.2, 0) is 118 Å². The Balaban J connectivity index is 1.33. The van der Waals surface area contributed by atoms with Gasteiger partial charge in [-0.15, -0.1) is 0 Å². The molecule has 12 atom stereocenters. The number of H-pyrrole nitrogens is 1. The van der Waals surface area contributed by atoms with E-state index in [0.717, 1.165) is 97.8 Å². The van der Waals surface area contributed by atoms with Crippen LogP contribution < -0.4 is 85.9 Å². The van der Waals surface area contributed by atoms with E-state index in [0.29, 0.717) is 30.4 Å². The van der Waals surface area contributed by atoms with Crippen LogP contribution in [0.1, 0.15) is 230 Å². The molecule has 15 amide bonds. The minimum Gasteiger partial charge on any atom is -0.481 e. The van der Waals surface area contributed by atoms with Gasteiger partial charge >= 0.3 is 17.9 Å². The molecule has 5 rings (SSSR count). The average Bonchev–Trinajstić information content (AvgIpc) is 1.64. The Morgan fingerprint density at radius 3 is 1.67 bits per heavy atom. The molecule has 0 radical (unpaired) electrons. The zero-order valence-corrected chi connectivity index (χ0v) is 82.9. The number of carbonyl (C=O) groups excluding carboxylic acids is 17. The molecule has 2 aliphatic heterocycles. The van der Waals surface area contributed by atoms with Crippen molar-refractivity contribution in [2.75, 3.05) is 92.0 Å². The number of carboxylic acid groups (broad SMARTS) is 3. The van der Waals surface area contributed by atoms with Crippen LogP contribution in [0.5, 0.6) is 0 Å². The first-order valence-corrected chi connectivity index (χ1v) is 49.9. The number of benzene rings is 2. The van der Waals surface area contributed by atoms with Gasteiger partial charge in [-0.25, -0.2) is 0 Å². The van der Waals surface area contributed by atoms with E-state index in [1.165, 1.54) is 6.92 Å². The number of carboxylic acids is 3. The maximum absolute atomic E-state index is 15.5. The lowest BCUT2D eigenvalue weighted by Gasteiger charge is -2.31. The molecule has 2 fully saturated rings. The Kier molecular flexibility index (Phi) is 58.1. The number of fused-ring (bicyclic) bond motifs is 2. The van der Waals surface area contributed by atoms with E-state index >= 15 is 24.0 Å². The standard InChI is InChI=1S/C97H150N20O28/c1-3-4-32-69(88(135)112-73-40-39-64(121)30-19-16-20-33-67(61(2)120)107-92(139)75(50-63-52-104-68-34-24-23-31-66(63)68)113-89(136)71(36-27-44-103-97(99)100)109-91(138)74(49-62-28-17-15-18-29-62)114-95(142)78-51-65(122)54-117(78)96(73)143)108-87(134)70(35-25-26-43-101-82(126)55-116(56-85(130)131)57-86(132)133)110-94(141)77(59-119)115-90(137)72(41-42-79(98)123)111-93(140)76(58-118)106-81(125)53-105-83(127)60-145-48-47-144-46-45-102-80(124)37-21-13-11-9-7-5-6-8-10-12-14-22-38-84(128)129/h15,17-18,23-24,28-29,31,34,52,65,67,69-78,104,118-119,122H,3-14,16,19-22,25-27,30,32-33,35-51,53-60H2,1-2H3,(H2,98,123)(H,101,126)(H,102,124)(H,105,127)(H,106,125)(H,107,139)(H,108,134)(H,109,138)(H,110,141)(H,111,140)(H,112,135)(H,113,136)(H,114,142)(H,115,137)(H,128,129)(H,130,131)(H,132,133)(H4,99,100,103)/t65-,67+,69+,70+,71+,72+,73+,74-,75+,76+,77+,78+/m1/s1. The van der Waals surface area contributed by atoms with Crippen molar-refractivity contribution in [1.82, 2.24) is 89.2 Å². The smallest absolute Gasteiger partial charge is 0.317 e. The van der Waals surface area contributed by atoms with Crippen molar-refractivity contribution >= 4 is 135 Å². The molecule has 0 bridgehead atoms. The van der Waals surface area contributed by atoms with E-state index in [2.05, 4.69) is 79.4 Å². The predicted molar refractivity (Wildman–Crippen MR) is 525 cm³/mol. The first kappa shape index (κ1) is 122. The lowest BCUT2D eigenvalue weighted by Crippen LogP contribution is -2.61. The fourth-order valence-electron chi connectivity index (χ4n) is 16.4. The van der Waals surface area contributed by atoms with Gasteiger partial charge in [0.25, 0.3) is 0 Å². The topological polar surface area (TPSA) is 748 Å². The van der Waals surface area contributed by atoms with Crippen LogP contribution in [0.2, 0.25) is 0 Å². The van der Waals surface area contributed by atoms with Crippen LogP contribution >= 0.6 is 0 Å². The van der Waals surface area contributed by atoms with Crippen LogP contribution in [-0.4, -0.2) is 334 Å². The monoisotopic (exact) mass is 2040 g/mol. The third-order valence-corrected chi connectivity index (χ3v) is 24.3. The first-order chi connectivity index (χ1) is 69.4. The van der Waals surface area contributed by atoms with Gasteiger partial charge in [-0.05, 0) is 101 Å². The van der Waals surface area contributed by atoms with Crippen molar-refractivity contribution in [3.8, 4) is 0 Å². The number of aliphatic carboxylic acids is 3. The molecule has 48 nitrogen and oxygen atoms in total. The molecular weight excluding hydrogens is 1890 g/mol. The quantitative estimate of drug-likeness (QED) is 0.0164. The summed E-state index contributed by atoms with van der Waals surface area (Å²) in [6, 6.07) is -2.42. The van der Waals surface area contributed by atoms with E-state index in [1.54, 1.807) is 55.6 Å². The van der Waals surface area contributed by atoms with Gasteiger partial charge in [0.15, 0.2) is 11.7 Å². The molecule has 2 aliphatic rings. The largest absolute Gasteiger partial charge is 0.481 e. The van der Waals surface area contributed by atoms with Gasteiger partial charge in [0.2, 0.25) is 88.6 Å². The minimum absolute atomic E-state index is 0.0253. The van der Waals surface area contributed by atoms with E-state index in [9.17, 15) is 97.5 Å². The highest BCUT2D eigenvalue weighted by Crippen LogP contribution is 2.25. The number of rotatable bonds is 64. The fourth-order valence-corrected chi connectivity index (χ4v) is 16.4. The molecule has 26 N–H and O–H groups in total. The zero-order chi connectivity index (χ0) is 107. The zero-order valence-electron chi connectivity index (χ0n) is 82.9. The Morgan fingerprint density at radius 2 is 1.05 bits per heavy atom. The number of carbonyl (C=O) groups is 20. The average molecular weight is 2040 g/mol. The maximum Gasteiger partial charge on any atom is 0.317 e. The van der Waals surface area contributed by atoms with Crippen molar-refractivity contribution in [3.63, 3.8) is 0 Å². The van der Waals surface area contributed by atoms with Crippen molar-refractivity contribution < 1.29 is 136 Å². The third-order valence-electron chi connectivity index (χ3n) is 24.3. The van der Waals surface area contributed by atoms with Crippen molar-refractivity contribution in [2.24, 2.45) is 11.5 Å². The summed E-state index contributed by atoms with van der Waals surface area (Å²) in [6.45, 7) is -3.27. The van der Waals surface area contributed by atoms with Gasteiger partial charge in [0, 0.05) is 94.6 Å². The van der Waals surface area contributed by atoms with Crippen LogP contribution in [0.25, 0.3) is 10.9 Å². The van der Waals surface area contributed by atoms with E-state index < -0.39 is 282 Å². The molecule has 2 aromatic carbocycles. The normalized spacial score (nSPS) is 18.3. The summed E-state index contributed by atoms with van der Waals surface area (Å²) in [5.41, 5.74) is 12.9. The van der Waals surface area contributed by atoms with Crippen molar-refractivity contribution in [3.05, 3.63) is 71.9 Å². The molecule has 145 heavy (non-hydrogen) atoms. The van der Waals surface area contributed by atoms with Gasteiger partial charge in [0.05, 0.1) is 71.4 Å². The number of aliphatic hydroxyl groups is 3. The third kappa shape index (κ3) is 49.8. The number of unbranched alkanes of at least 4 members (excludes halogenated alkanes) is 13. The Bertz CT molecular complexity index is 4700. The molecule has 1 aromatic heterocycles. The van der Waals surface area contributed by atoms with E-state index in [4.69, 9.17) is 31.5 Å². The van der Waals surface area contributed by atoms with Gasteiger partial charge < -0.3 is 136 Å². The number of nitrogens with one attached hydrogen (secondary N) is 16. The van der Waals surface area contributed by atoms with Gasteiger partial charge in [-0.2, -0.15) is 0 Å². The second kappa shape index (κ2) is 68.9. The fraction of sp³-hybridized carbons (Fsp3) is 0.639. The van der Waals surface area contributed by atoms with Crippen molar-refractivity contribution in [2.45, 2.75) is 305 Å². The van der Waals surface area contributed by atoms with E-state index in [1.807, 2.05) is 12.1 Å². The number of aliphatic hydroxyl groups excluding tert-OH is 3. The molecule has 0 unspecified atom stereocenters. The highest BCUT2D eigenvalue weighted by Gasteiger charge is 2.44. The summed E-state index contributed by atoms with van der Waals surface area (Å²) < 4.78 is 10.8. The number of hydrogen-bond acceptors (Lipinski definition) is 27. The van der Waals surface area contributed by atoms with Crippen LogP contribution in [0, 0.1) is 5.41 Å². The maximum atomic E-state index is 15.5. The Morgan fingerprint density at radius 1 is 0.503 bits per heavy atom. The van der Waals surface area contributed by atoms with Crippen molar-refractivity contribution in [1.29, 1.82) is 5.41 Å². The summed E-state index contributed by atoms with van der Waals surface area (Å²) in [6.07, 6.45) is 10.8. The van der Waals surface area contributed by atoms with Crippen LogP contribution in [0.3, 0.4) is 0 Å². The minimum atomic E-state index is -2.04. The number of Topliss-reactive ketones (excluding diaryl/α,β-unsaturated/α-hetero) is 2. The molecule has 3 aromatic rings. The molecule has 0 saturated carbocycles. The molecule has 0 spiro atoms. The Hall–Kier alpha value is -13.2. The number of ketones is 2. The number of nitrogens with zero attached hydrogens (tertiary/aromatic N) is 2. The van der Waals surface area contributed by atoms with Gasteiger partial charge in [0.1, 0.15) is 72.8 Å². The van der Waals surface area contributed by atoms with Crippen LogP contribution in [0.4, 0.5) is 0 Å². The number of primary amides is 1. The van der Waals surface area contributed by atoms with Gasteiger partial charge in [-0.1, -0.05) is 145 Å². The van der Waals surface area contributed by atoms with E-state index in [-0.39, 0.29) is 129 Å². The number of ether oxygens (including phenoxy) is 2. The molecule has 48 heteroatoms. The number of nitrogens with two attached hydrogens (primary N) is 2. The van der Waals surface area contributed by atoms with Crippen LogP contribution in [0.15, 0.2) is 60.8 Å². The lowest BCUT2D eigenvalue weighted by molar-refractivity contribution is -0.143. The number of para-hydroxylation sites is 1. The molecule has 2 saturated heterocycles. The summed E-state index contributed by atoms with van der Waals surface area (Å²) in [7, 11) is 0. The second-order valence-corrected chi connectivity index (χ2v) is 36.3. The SMILES string of the molecule is CCCC[C@H](NC(=O)[C@H](CCCCNC(=O)CN(CC(=O)O)CC(=O)O)NC(=O)[C@H](CO)NC(=O)[C@H](CCC(N)=O)NC(=O)[C@H](CO)NC(=O)CNC(=O)COCCOCCNC(=O)CCCCCCCCCCCCCCC(=O)O)C(=O)N[C@H]1CCC(=O)CCCCC[C@@H](C(C)=O)NC(=O)[C@H](Cc2c[nH]c3ccccc23)NC(=O)[C@H](CCCNC(=N)N)NC(=O)[C@@H](Cc2ccccc2)NC(=O)[C@@H]2C[C@@H](O)CN2C1=O. The number of aromatic nitrogens is 1. The molecular formula is C97H150N20O28. The molecule has 3 heterocycles. The predicted octanol–water partition coefficient (Wildman–Crippen LogP) is -2.06. The number of aromatic amines is 1. The Labute approximate surface area is 841 Å². The second-order valence-electron chi connectivity index (χ2n) is 36.3. The number of hydrogen-bond donors (Lipinski definition) is 24. The summed E-state index contributed by atoms with van der Waals surface area (Å²) in [5, 5.41) is 104. The highest BCUT2D eigenvalue weighted by atomic mass is 16.5. The van der Waals surface area contributed by atoms with Gasteiger partial charge in [-0.3, -0.25) is 106 Å².